The van der Waals surface area contributed by atoms with Crippen LogP contribution in [0.1, 0.15) is 96.8 Å². The minimum atomic E-state index is -3.86. The molecule has 0 saturated carbocycles. The van der Waals surface area contributed by atoms with E-state index >= 15 is 0 Å². The van der Waals surface area contributed by atoms with E-state index < -0.39 is 31.6 Å². The number of ether oxygens (including phenoxy) is 1. The Labute approximate surface area is 421 Å². The second kappa shape index (κ2) is 23.2. The molecule has 348 valence electrons. The molecule has 65 heavy (non-hydrogen) atoms. The van der Waals surface area contributed by atoms with Crippen molar-refractivity contribution in [3.63, 3.8) is 0 Å². The van der Waals surface area contributed by atoms with Crippen LogP contribution >= 0.6 is 23.2 Å². The Morgan fingerprint density at radius 1 is 0.662 bits per heavy atom. The standard InChI is InChI=1S/C22H24ClN3O4S.C22H26ClN3O3S.CH4.CH3.BrH.Mg/c1-5-30-21(27)15-13-24-26(14-15)20-12-17(23)8-11-19(20)25-31(28,29)18-9-6-16(7-10-18)22(2,3)4;1-21(2,3)15-6-9-18(10-7-15)30(28,29)25-19-11-8-17(23)12-20(19)26-14-16(13-24-26)22(4,5)27;;;;/h6-14,25H,5H2,1-4H3;6-14,25,27H,1-5H3;1H4;1H3;1H;/q;;;-1;;+2/p-1. The summed E-state index contributed by atoms with van der Waals surface area (Å²) in [6.07, 6.45) is 5.98. The van der Waals surface area contributed by atoms with E-state index in [-0.39, 0.29) is 93.4 Å². The molecule has 19 heteroatoms. The van der Waals surface area contributed by atoms with Crippen LogP contribution in [0.15, 0.2) is 120 Å². The maximum Gasteiger partial charge on any atom is 2.00 e. The van der Waals surface area contributed by atoms with Crippen molar-refractivity contribution in [2.75, 3.05) is 16.1 Å². The molecule has 0 spiro atoms. The molecule has 0 fully saturated rings. The predicted molar refractivity (Wildman–Crippen MR) is 259 cm³/mol. The average Bonchev–Trinajstić information content (AvgIpc) is 3.88. The molecule has 0 saturated heterocycles. The molecule has 3 N–H and O–H groups in total. The van der Waals surface area contributed by atoms with Gasteiger partial charge in [0.05, 0.1) is 62.7 Å². The summed E-state index contributed by atoms with van der Waals surface area (Å²) >= 11 is 12.3. The molecular formula is C46H57BrCl2MgN6O7S2. The quantitative estimate of drug-likeness (QED) is 0.0681. The minimum Gasteiger partial charge on any atom is -1.00 e. The van der Waals surface area contributed by atoms with Gasteiger partial charge in [0, 0.05) is 28.0 Å². The number of nitrogens with one attached hydrogen (secondary N) is 2. The van der Waals surface area contributed by atoms with Crippen molar-refractivity contribution in [2.24, 2.45) is 0 Å². The van der Waals surface area contributed by atoms with Gasteiger partial charge in [0.15, 0.2) is 0 Å². The van der Waals surface area contributed by atoms with E-state index in [1.54, 1.807) is 99.8 Å². The number of esters is 1. The van der Waals surface area contributed by atoms with Crippen molar-refractivity contribution >= 4 is 83.6 Å². The second-order valence-electron chi connectivity index (χ2n) is 16.7. The minimum absolute atomic E-state index is 0. The fourth-order valence-corrected chi connectivity index (χ4v) is 8.26. The Hall–Kier alpha value is -3.94. The van der Waals surface area contributed by atoms with Crippen LogP contribution in [-0.4, -0.2) is 77.1 Å². The first-order chi connectivity index (χ1) is 28.3. The number of sulfonamides is 2. The Bertz CT molecular complexity index is 2750. The first kappa shape index (κ1) is 59.1. The van der Waals surface area contributed by atoms with E-state index in [1.165, 1.54) is 28.0 Å². The number of carbonyl (C=O) groups excluding carboxylic acids is 1. The summed E-state index contributed by atoms with van der Waals surface area (Å²) in [5.74, 6) is -0.517. The number of anilines is 2. The first-order valence-electron chi connectivity index (χ1n) is 19.1. The predicted octanol–water partition coefficient (Wildman–Crippen LogP) is 7.36. The Morgan fingerprint density at radius 2 is 1.05 bits per heavy atom. The SMILES string of the molecule is C.CC(C)(C)c1ccc(S(=O)(=O)Nc2ccc(Cl)cc2-n2cc(C(C)(C)O)cn2)cc1.CCOC(=O)c1cnn(-c2cc(Cl)ccc2NS(=O)(=O)c2ccc(C(C)(C)C)cc2)c1.[Br-].[CH3-].[Mg+2]. The summed E-state index contributed by atoms with van der Waals surface area (Å²) in [6, 6.07) is 23.1. The van der Waals surface area contributed by atoms with Gasteiger partial charge in [0.1, 0.15) is 0 Å². The molecule has 0 aliphatic carbocycles. The maximum atomic E-state index is 13.0. The second-order valence-corrected chi connectivity index (χ2v) is 20.9. The fourth-order valence-electron chi connectivity index (χ4n) is 5.78. The smallest absolute Gasteiger partial charge is 1.00 e. The Morgan fingerprint density at radius 3 is 1.40 bits per heavy atom. The van der Waals surface area contributed by atoms with Crippen LogP contribution in [0.4, 0.5) is 11.4 Å². The third kappa shape index (κ3) is 15.3. The molecule has 0 bridgehead atoms. The summed E-state index contributed by atoms with van der Waals surface area (Å²) in [5, 5.41) is 19.4. The molecule has 4 aromatic carbocycles. The van der Waals surface area contributed by atoms with Crippen molar-refractivity contribution < 1.29 is 48.5 Å². The van der Waals surface area contributed by atoms with Crippen LogP contribution in [0.5, 0.6) is 0 Å². The average molecular weight is 1050 g/mol. The molecule has 0 amide bonds. The molecule has 6 aromatic rings. The van der Waals surface area contributed by atoms with Gasteiger partial charge in [0.25, 0.3) is 20.0 Å². The molecule has 2 aromatic heterocycles. The first-order valence-corrected chi connectivity index (χ1v) is 22.9. The van der Waals surface area contributed by atoms with Crippen molar-refractivity contribution in [1.82, 2.24) is 19.6 Å². The van der Waals surface area contributed by atoms with E-state index in [0.717, 1.165) is 11.1 Å². The monoisotopic (exact) mass is 1040 g/mol. The van der Waals surface area contributed by atoms with Gasteiger partial charge < -0.3 is 34.3 Å². The number of carbonyl (C=O) groups is 1. The summed E-state index contributed by atoms with van der Waals surface area (Å²) in [7, 11) is -7.69. The van der Waals surface area contributed by atoms with Gasteiger partial charge in [-0.3, -0.25) is 9.44 Å². The van der Waals surface area contributed by atoms with Gasteiger partial charge in [-0.2, -0.15) is 10.2 Å². The summed E-state index contributed by atoms with van der Waals surface area (Å²) in [5.41, 5.74) is 3.09. The Balaban J connectivity index is 0.000000613. The van der Waals surface area contributed by atoms with E-state index in [0.29, 0.717) is 32.7 Å². The molecule has 2 heterocycles. The third-order valence-corrected chi connectivity index (χ3v) is 12.6. The van der Waals surface area contributed by atoms with Crippen LogP contribution in [0, 0.1) is 7.43 Å². The van der Waals surface area contributed by atoms with Crippen molar-refractivity contribution in [2.45, 2.75) is 96.0 Å². The zero-order chi connectivity index (χ0) is 45.1. The van der Waals surface area contributed by atoms with Crippen LogP contribution in [0.3, 0.4) is 0 Å². The number of hydrogen-bond acceptors (Lipinski definition) is 9. The van der Waals surface area contributed by atoms with Crippen LogP contribution in [-0.2, 0) is 41.2 Å². The van der Waals surface area contributed by atoms with Crippen LogP contribution in [0.2, 0.25) is 10.0 Å². The summed E-state index contributed by atoms with van der Waals surface area (Å²) < 4.78 is 65.0. The van der Waals surface area contributed by atoms with E-state index in [4.69, 9.17) is 27.9 Å². The zero-order valence-electron chi connectivity index (χ0n) is 37.4. The zero-order valence-corrected chi connectivity index (χ0v) is 43.6. The number of rotatable bonds is 11. The maximum absolute atomic E-state index is 13.0. The van der Waals surface area contributed by atoms with Gasteiger partial charge in [-0.25, -0.2) is 31.0 Å². The molecule has 0 aliphatic heterocycles. The van der Waals surface area contributed by atoms with E-state index in [1.807, 2.05) is 12.1 Å². The summed E-state index contributed by atoms with van der Waals surface area (Å²) in [6.45, 7) is 17.6. The van der Waals surface area contributed by atoms with Crippen molar-refractivity contribution in [1.29, 1.82) is 0 Å². The summed E-state index contributed by atoms with van der Waals surface area (Å²) in [4.78, 5) is 12.2. The van der Waals surface area contributed by atoms with Gasteiger partial charge in [-0.05, 0) is 103 Å². The number of hydrogen-bond donors (Lipinski definition) is 3. The van der Waals surface area contributed by atoms with Crippen LogP contribution < -0.4 is 26.4 Å². The molecule has 0 unspecified atom stereocenters. The largest absolute Gasteiger partial charge is 2.00 e. The number of benzene rings is 4. The van der Waals surface area contributed by atoms with Crippen molar-refractivity contribution in [3.05, 3.63) is 149 Å². The van der Waals surface area contributed by atoms with E-state index in [9.17, 15) is 26.7 Å². The third-order valence-electron chi connectivity index (χ3n) is 9.35. The normalized spacial score (nSPS) is 11.6. The van der Waals surface area contributed by atoms with E-state index in [2.05, 4.69) is 61.2 Å². The Kier molecular flexibility index (Phi) is 21.1. The van der Waals surface area contributed by atoms with Crippen LogP contribution in [0.25, 0.3) is 11.4 Å². The molecule has 6 rings (SSSR count). The van der Waals surface area contributed by atoms with Gasteiger partial charge in [0.2, 0.25) is 0 Å². The molecular weight excluding hydrogens is 988 g/mol. The van der Waals surface area contributed by atoms with Gasteiger partial charge in [-0.1, -0.05) is 96.4 Å². The van der Waals surface area contributed by atoms with Gasteiger partial charge >= 0.3 is 29.0 Å². The molecule has 0 atom stereocenters. The molecule has 13 nitrogen and oxygen atoms in total. The number of aliphatic hydroxyl groups is 1. The number of nitrogens with zero attached hydrogens (tertiary/aromatic N) is 4. The number of aromatic nitrogens is 4. The topological polar surface area (TPSA) is 175 Å². The molecule has 0 radical (unpaired) electrons. The molecule has 0 aliphatic rings. The fraction of sp³-hybridized carbons (Fsp3) is 0.304. The van der Waals surface area contributed by atoms with Gasteiger partial charge in [-0.15, -0.1) is 0 Å². The van der Waals surface area contributed by atoms with Crippen molar-refractivity contribution in [3.8, 4) is 11.4 Å². The number of halogens is 3.